The Morgan fingerprint density at radius 3 is 1.81 bits per heavy atom. The molecule has 6 aromatic rings. The number of nitrogens with zero attached hydrogens (tertiary/aromatic N) is 1. The average Bonchev–Trinajstić information content (AvgIpc) is 3.37. The molecule has 3 nitrogen and oxygen atoms in total. The molecule has 260 valence electrons. The molecule has 4 aliphatic rings. The van der Waals surface area contributed by atoms with Gasteiger partial charge < -0.3 is 4.90 Å². The summed E-state index contributed by atoms with van der Waals surface area (Å²) >= 11 is 0. The van der Waals surface area contributed by atoms with E-state index in [4.69, 9.17) is 0 Å². The van der Waals surface area contributed by atoms with Gasteiger partial charge in [0.05, 0.1) is 9.79 Å². The molecular weight excluding hydrogens is 655 g/mol. The molecule has 0 aromatic heterocycles. The van der Waals surface area contributed by atoms with Crippen molar-refractivity contribution in [3.8, 4) is 11.1 Å². The Bertz CT molecular complexity index is 2520. The molecular formula is C48H45NO2S. The lowest BCUT2D eigenvalue weighted by molar-refractivity contribution is 0.0231. The van der Waals surface area contributed by atoms with Crippen LogP contribution in [0.1, 0.15) is 75.6 Å². The third-order valence-corrected chi connectivity index (χ3v) is 15.3. The Morgan fingerprint density at radius 1 is 0.519 bits per heavy atom. The van der Waals surface area contributed by atoms with E-state index in [0.29, 0.717) is 33.5 Å². The Kier molecular flexibility index (Phi) is 6.88. The minimum absolute atomic E-state index is 0.167. The molecule has 10 rings (SSSR count). The van der Waals surface area contributed by atoms with Gasteiger partial charge in [0.25, 0.3) is 0 Å². The van der Waals surface area contributed by atoms with E-state index in [0.717, 1.165) is 59.3 Å². The van der Waals surface area contributed by atoms with Gasteiger partial charge in [-0.3, -0.25) is 0 Å². The molecule has 2 saturated carbocycles. The highest BCUT2D eigenvalue weighted by molar-refractivity contribution is 7.91. The zero-order valence-corrected chi connectivity index (χ0v) is 31.3. The highest BCUT2D eigenvalue weighted by atomic mass is 32.2. The Labute approximate surface area is 308 Å². The summed E-state index contributed by atoms with van der Waals surface area (Å²) in [5.74, 6) is 2.09. The van der Waals surface area contributed by atoms with Crippen LogP contribution in [0.25, 0.3) is 21.9 Å². The predicted molar refractivity (Wildman–Crippen MR) is 213 cm³/mol. The van der Waals surface area contributed by atoms with E-state index >= 15 is 0 Å². The van der Waals surface area contributed by atoms with Gasteiger partial charge in [-0.25, -0.2) is 8.42 Å². The number of hydrogen-bond acceptors (Lipinski definition) is 3. The first-order chi connectivity index (χ1) is 25.1. The predicted octanol–water partition coefficient (Wildman–Crippen LogP) is 12.1. The fourth-order valence-corrected chi connectivity index (χ4v) is 13.2. The standard InChI is InChI=1S/C48H45NO2S/c1-30-23-34-25-31(2)26-35(24-30)48(34)42-15-9-10-16-45(42)52(50,51)46-29-38(20-22-43(46)48)49(36-18-17-32-11-5-6-12-33(32)27-36)37-19-21-40-39-13-7-8-14-41(39)47(3,4)44(40)28-37/h5-22,27-31,34-35H,23-26H2,1-4H3/t30-,31+,34+,35-,48?. The van der Waals surface area contributed by atoms with Crippen molar-refractivity contribution in [3.05, 3.63) is 150 Å². The van der Waals surface area contributed by atoms with E-state index in [1.165, 1.54) is 27.6 Å². The molecule has 3 aliphatic carbocycles. The van der Waals surface area contributed by atoms with Crippen LogP contribution in [0.15, 0.2) is 137 Å². The van der Waals surface area contributed by atoms with Gasteiger partial charge in [0.1, 0.15) is 0 Å². The topological polar surface area (TPSA) is 37.4 Å². The molecule has 0 unspecified atom stereocenters. The monoisotopic (exact) mass is 699 g/mol. The lowest BCUT2D eigenvalue weighted by Gasteiger charge is -2.59. The molecule has 0 saturated heterocycles. The molecule has 6 aromatic carbocycles. The summed E-state index contributed by atoms with van der Waals surface area (Å²) in [6.45, 7) is 9.42. The summed E-state index contributed by atoms with van der Waals surface area (Å²) in [6.07, 6.45) is 4.53. The van der Waals surface area contributed by atoms with Crippen LogP contribution in [-0.2, 0) is 20.7 Å². The fraction of sp³-hybridized carbons (Fsp3) is 0.292. The maximum absolute atomic E-state index is 14.9. The van der Waals surface area contributed by atoms with Crippen molar-refractivity contribution in [2.45, 2.75) is 74.0 Å². The summed E-state index contributed by atoms with van der Waals surface area (Å²) in [5, 5.41) is 2.33. The van der Waals surface area contributed by atoms with Gasteiger partial charge in [-0.15, -0.1) is 0 Å². The van der Waals surface area contributed by atoms with E-state index in [1.807, 2.05) is 18.2 Å². The molecule has 0 radical (unpaired) electrons. The minimum atomic E-state index is -3.78. The zero-order valence-electron chi connectivity index (χ0n) is 30.4. The lowest BCUT2D eigenvalue weighted by atomic mass is 9.46. The second-order valence-electron chi connectivity index (χ2n) is 16.9. The van der Waals surface area contributed by atoms with Crippen molar-refractivity contribution < 1.29 is 8.42 Å². The van der Waals surface area contributed by atoms with Gasteiger partial charge in [0.15, 0.2) is 0 Å². The summed E-state index contributed by atoms with van der Waals surface area (Å²) < 4.78 is 29.9. The number of benzene rings is 6. The molecule has 52 heavy (non-hydrogen) atoms. The third-order valence-electron chi connectivity index (χ3n) is 13.4. The van der Waals surface area contributed by atoms with Crippen LogP contribution in [0.3, 0.4) is 0 Å². The summed E-state index contributed by atoms with van der Waals surface area (Å²) in [6, 6.07) is 45.0. The van der Waals surface area contributed by atoms with Crippen LogP contribution in [-0.4, -0.2) is 8.42 Å². The van der Waals surface area contributed by atoms with Crippen molar-refractivity contribution in [1.29, 1.82) is 0 Å². The van der Waals surface area contributed by atoms with Gasteiger partial charge in [-0.2, -0.15) is 0 Å². The number of fused-ring (bicyclic) bond motifs is 6. The second-order valence-corrected chi connectivity index (χ2v) is 18.7. The quantitative estimate of drug-likeness (QED) is 0.185. The molecule has 1 heterocycles. The third kappa shape index (κ3) is 4.34. The second kappa shape index (κ2) is 11.2. The highest BCUT2D eigenvalue weighted by Gasteiger charge is 2.59. The van der Waals surface area contributed by atoms with E-state index in [9.17, 15) is 8.42 Å². The van der Waals surface area contributed by atoms with Crippen molar-refractivity contribution >= 4 is 37.7 Å². The van der Waals surface area contributed by atoms with Gasteiger partial charge in [0, 0.05) is 27.9 Å². The van der Waals surface area contributed by atoms with Crippen LogP contribution in [0, 0.1) is 23.7 Å². The fourth-order valence-electron chi connectivity index (χ4n) is 11.4. The van der Waals surface area contributed by atoms with Crippen molar-refractivity contribution in [2.24, 2.45) is 23.7 Å². The SMILES string of the molecule is CC1(C)c2ccccc2-c2ccc(N(c3ccc4c(c3)S(=O)(=O)c3ccccc3C43[C@H]4C[C@@H](C)C[C@@H]3C[C@@H](C)C4)c3ccc4ccccc4c3)cc21. The van der Waals surface area contributed by atoms with E-state index in [1.54, 1.807) is 0 Å². The van der Waals surface area contributed by atoms with E-state index in [-0.39, 0.29) is 10.8 Å². The Balaban J connectivity index is 1.21. The summed E-state index contributed by atoms with van der Waals surface area (Å²) in [4.78, 5) is 3.27. The van der Waals surface area contributed by atoms with Crippen LogP contribution in [0.5, 0.6) is 0 Å². The van der Waals surface area contributed by atoms with Gasteiger partial charge in [-0.1, -0.05) is 113 Å². The van der Waals surface area contributed by atoms with Gasteiger partial charge in [0.2, 0.25) is 9.84 Å². The molecule has 1 aliphatic heterocycles. The number of rotatable bonds is 3. The smallest absolute Gasteiger partial charge is 0.207 e. The number of hydrogen-bond donors (Lipinski definition) is 0. The number of sulfone groups is 1. The van der Waals surface area contributed by atoms with Gasteiger partial charge in [-0.05, 0) is 136 Å². The first-order valence-electron chi connectivity index (χ1n) is 19.1. The van der Waals surface area contributed by atoms with Crippen molar-refractivity contribution in [3.63, 3.8) is 0 Å². The largest absolute Gasteiger partial charge is 0.310 e. The Morgan fingerprint density at radius 2 is 1.06 bits per heavy atom. The molecule has 0 N–H and O–H groups in total. The normalized spacial score (nSPS) is 25.9. The number of anilines is 3. The summed E-state index contributed by atoms with van der Waals surface area (Å²) in [7, 11) is -3.78. The van der Waals surface area contributed by atoms with E-state index in [2.05, 4.69) is 142 Å². The maximum Gasteiger partial charge on any atom is 0.207 e. The summed E-state index contributed by atoms with van der Waals surface area (Å²) in [5.41, 5.74) is 9.66. The first kappa shape index (κ1) is 32.0. The van der Waals surface area contributed by atoms with Crippen molar-refractivity contribution in [2.75, 3.05) is 4.90 Å². The minimum Gasteiger partial charge on any atom is -0.310 e. The van der Waals surface area contributed by atoms with Crippen LogP contribution in [0.2, 0.25) is 0 Å². The molecule has 1 spiro atoms. The zero-order chi connectivity index (χ0) is 35.6. The first-order valence-corrected chi connectivity index (χ1v) is 20.6. The Hall–Kier alpha value is -4.67. The van der Waals surface area contributed by atoms with Crippen molar-refractivity contribution in [1.82, 2.24) is 0 Å². The highest BCUT2D eigenvalue weighted by Crippen LogP contribution is 2.64. The van der Waals surface area contributed by atoms with Crippen LogP contribution in [0.4, 0.5) is 17.1 Å². The maximum atomic E-state index is 14.9. The molecule has 0 amide bonds. The lowest BCUT2D eigenvalue weighted by Crippen LogP contribution is -2.54. The molecule has 2 fully saturated rings. The molecule has 2 bridgehead atoms. The van der Waals surface area contributed by atoms with Crippen LogP contribution < -0.4 is 4.90 Å². The van der Waals surface area contributed by atoms with Crippen LogP contribution >= 0.6 is 0 Å². The van der Waals surface area contributed by atoms with E-state index < -0.39 is 9.84 Å². The molecule has 4 heteroatoms. The van der Waals surface area contributed by atoms with Gasteiger partial charge >= 0.3 is 0 Å². The average molecular weight is 700 g/mol. The molecule has 0 atom stereocenters.